The van der Waals surface area contributed by atoms with Crippen LogP contribution in [0.25, 0.3) is 0 Å². The number of amides is 3. The Bertz CT molecular complexity index is 136. The molecule has 0 aromatic carbocycles. The van der Waals surface area contributed by atoms with E-state index in [1.54, 1.807) is 0 Å². The molecule has 0 atom stereocenters. The fourth-order valence-electron chi connectivity index (χ4n) is 0. The summed E-state index contributed by atoms with van der Waals surface area (Å²) in [7, 11) is 0. The number of rotatable bonds is 0. The van der Waals surface area contributed by atoms with Gasteiger partial charge in [0.2, 0.25) is 0 Å². The standard InChI is InChI=1S/C2H4.3CH3NOS/c1-2;3*2-1(3)4/h1-2H2;3*(H3,2,3,4). The minimum absolute atomic E-state index is 0.639. The summed E-state index contributed by atoms with van der Waals surface area (Å²) in [6.45, 7) is 6.00. The number of thiol groups is 3. The van der Waals surface area contributed by atoms with Gasteiger partial charge in [-0.2, -0.15) is 0 Å². The van der Waals surface area contributed by atoms with Crippen molar-refractivity contribution in [3.05, 3.63) is 13.2 Å². The Hall–Kier alpha value is -0.800. The third-order valence-corrected chi connectivity index (χ3v) is 0. The van der Waals surface area contributed by atoms with Crippen LogP contribution in [0.5, 0.6) is 0 Å². The van der Waals surface area contributed by atoms with E-state index in [-0.39, 0.29) is 0 Å². The van der Waals surface area contributed by atoms with Crippen molar-refractivity contribution in [2.45, 2.75) is 0 Å². The molecule has 6 N–H and O–H groups in total. The number of hydrogen-bond acceptors (Lipinski definition) is 3. The van der Waals surface area contributed by atoms with Crippen molar-refractivity contribution >= 4 is 53.6 Å². The molecule has 0 aliphatic heterocycles. The number of hydrogen-bond donors (Lipinski definition) is 6. The molecule has 0 aromatic heterocycles. The van der Waals surface area contributed by atoms with Gasteiger partial charge in [-0.05, 0) is 0 Å². The first-order chi connectivity index (χ1) is 6.20. The maximum absolute atomic E-state index is 9.09. The molecule has 0 saturated carbocycles. The average molecular weight is 259 g/mol. The van der Waals surface area contributed by atoms with E-state index in [0.717, 1.165) is 0 Å². The quantitative estimate of drug-likeness (QED) is 0.284. The Morgan fingerprint density at radius 3 is 0.714 bits per heavy atom. The average Bonchev–Trinajstić information content (AvgIpc) is 1.86. The summed E-state index contributed by atoms with van der Waals surface area (Å²) in [4.78, 5) is 27.3. The molecule has 0 bridgehead atoms. The lowest BCUT2D eigenvalue weighted by Crippen LogP contribution is -1.95. The van der Waals surface area contributed by atoms with Gasteiger partial charge in [0.1, 0.15) is 0 Å². The van der Waals surface area contributed by atoms with Crippen LogP contribution in [0.15, 0.2) is 13.2 Å². The minimum atomic E-state index is -0.639. The molecule has 14 heavy (non-hydrogen) atoms. The number of nitrogens with two attached hydrogens (primary N) is 3. The van der Waals surface area contributed by atoms with Crippen LogP contribution in [0.2, 0.25) is 0 Å². The Labute approximate surface area is 98.5 Å². The van der Waals surface area contributed by atoms with Crippen molar-refractivity contribution in [3.63, 3.8) is 0 Å². The summed E-state index contributed by atoms with van der Waals surface area (Å²) in [5, 5.41) is -1.92. The van der Waals surface area contributed by atoms with E-state index >= 15 is 0 Å². The molecule has 9 heteroatoms. The van der Waals surface area contributed by atoms with Gasteiger partial charge in [-0.3, -0.25) is 14.4 Å². The zero-order chi connectivity index (χ0) is 12.7. The Kier molecular flexibility index (Phi) is 37.7. The molecule has 0 aliphatic rings. The van der Waals surface area contributed by atoms with Crippen molar-refractivity contribution in [2.24, 2.45) is 17.2 Å². The van der Waals surface area contributed by atoms with Crippen LogP contribution >= 0.6 is 37.9 Å². The van der Waals surface area contributed by atoms with Gasteiger partial charge in [-0.15, -0.1) is 13.2 Å². The van der Waals surface area contributed by atoms with Gasteiger partial charge in [-0.1, -0.05) is 37.9 Å². The zero-order valence-corrected chi connectivity index (χ0v) is 9.90. The molecule has 6 nitrogen and oxygen atoms in total. The summed E-state index contributed by atoms with van der Waals surface area (Å²) in [5.74, 6) is 0. The molecule has 3 amide bonds. The fraction of sp³-hybridized carbons (Fsp3) is 0. The third kappa shape index (κ3) is 1820. The molecule has 0 unspecified atom stereocenters. The van der Waals surface area contributed by atoms with Gasteiger partial charge in [0, 0.05) is 0 Å². The highest BCUT2D eigenvalue weighted by atomic mass is 32.1. The molecule has 0 radical (unpaired) electrons. The van der Waals surface area contributed by atoms with Gasteiger partial charge < -0.3 is 17.2 Å². The second kappa shape index (κ2) is 22.8. The van der Waals surface area contributed by atoms with Crippen LogP contribution in [0.1, 0.15) is 0 Å². The summed E-state index contributed by atoms with van der Waals surface area (Å²) in [6.07, 6.45) is 0. The molecular formula is C5H13N3O3S3. The van der Waals surface area contributed by atoms with E-state index < -0.39 is 15.7 Å². The first kappa shape index (κ1) is 23.2. The molecule has 0 saturated heterocycles. The molecule has 0 spiro atoms. The van der Waals surface area contributed by atoms with Crippen molar-refractivity contribution in [2.75, 3.05) is 0 Å². The third-order valence-electron chi connectivity index (χ3n) is 0. The lowest BCUT2D eigenvalue weighted by molar-refractivity contribution is 0.266. The summed E-state index contributed by atoms with van der Waals surface area (Å²) < 4.78 is 0. The van der Waals surface area contributed by atoms with Crippen LogP contribution in [-0.2, 0) is 0 Å². The lowest BCUT2D eigenvalue weighted by Gasteiger charge is -1.59. The largest absolute Gasteiger partial charge is 0.361 e. The van der Waals surface area contributed by atoms with E-state index in [9.17, 15) is 0 Å². The van der Waals surface area contributed by atoms with E-state index in [0.29, 0.717) is 0 Å². The predicted octanol–water partition coefficient (Wildman–Crippen LogP) is 0.787. The lowest BCUT2D eigenvalue weighted by atomic mass is 11.3. The zero-order valence-electron chi connectivity index (χ0n) is 7.21. The smallest absolute Gasteiger partial charge is 0.273 e. The second-order valence-corrected chi connectivity index (χ2v) is 2.34. The van der Waals surface area contributed by atoms with Gasteiger partial charge in [0.05, 0.1) is 0 Å². The molecular weight excluding hydrogens is 246 g/mol. The van der Waals surface area contributed by atoms with Crippen molar-refractivity contribution in [3.8, 4) is 0 Å². The number of carbonyl (C=O) groups is 3. The predicted molar refractivity (Wildman–Crippen MR) is 67.0 cm³/mol. The van der Waals surface area contributed by atoms with Gasteiger partial charge in [0.15, 0.2) is 0 Å². The highest BCUT2D eigenvalue weighted by molar-refractivity contribution is 7.96. The van der Waals surface area contributed by atoms with Crippen LogP contribution in [-0.4, -0.2) is 15.7 Å². The van der Waals surface area contributed by atoms with Gasteiger partial charge >= 0.3 is 0 Å². The first-order valence-corrected chi connectivity index (χ1v) is 3.99. The first-order valence-electron chi connectivity index (χ1n) is 2.65. The molecule has 0 fully saturated rings. The SMILES string of the molecule is C=C.NC(=O)S.NC(=O)S.NC(=O)S. The highest BCUT2D eigenvalue weighted by Gasteiger charge is 1.63. The number of primary amides is 3. The van der Waals surface area contributed by atoms with Crippen LogP contribution in [0.4, 0.5) is 14.4 Å². The Morgan fingerprint density at radius 1 is 0.714 bits per heavy atom. The highest BCUT2D eigenvalue weighted by Crippen LogP contribution is 1.61. The van der Waals surface area contributed by atoms with E-state index in [1.165, 1.54) is 0 Å². The van der Waals surface area contributed by atoms with Crippen molar-refractivity contribution < 1.29 is 14.4 Å². The Morgan fingerprint density at radius 2 is 0.714 bits per heavy atom. The molecule has 0 aromatic rings. The molecule has 0 heterocycles. The normalized spacial score (nSPS) is 5.64. The van der Waals surface area contributed by atoms with Crippen molar-refractivity contribution in [1.29, 1.82) is 0 Å². The molecule has 84 valence electrons. The summed E-state index contributed by atoms with van der Waals surface area (Å²) >= 11 is 9.31. The van der Waals surface area contributed by atoms with E-state index in [2.05, 4.69) is 68.2 Å². The van der Waals surface area contributed by atoms with Crippen LogP contribution < -0.4 is 17.2 Å². The number of carbonyl (C=O) groups excluding carboxylic acids is 3. The maximum Gasteiger partial charge on any atom is 0.273 e. The summed E-state index contributed by atoms with van der Waals surface area (Å²) in [6, 6.07) is 0. The van der Waals surface area contributed by atoms with E-state index in [4.69, 9.17) is 14.4 Å². The van der Waals surface area contributed by atoms with Gasteiger partial charge in [-0.25, -0.2) is 0 Å². The second-order valence-electron chi connectivity index (χ2n) is 1.01. The molecule has 0 aliphatic carbocycles. The molecule has 0 rings (SSSR count). The van der Waals surface area contributed by atoms with Gasteiger partial charge in [0.25, 0.3) is 15.7 Å². The topological polar surface area (TPSA) is 129 Å². The maximum atomic E-state index is 9.09. The Balaban J connectivity index is -0.0000000492. The fourth-order valence-corrected chi connectivity index (χ4v) is 0. The minimum Gasteiger partial charge on any atom is -0.361 e. The summed E-state index contributed by atoms with van der Waals surface area (Å²) in [5.41, 5.74) is 13.0. The monoisotopic (exact) mass is 259 g/mol. The van der Waals surface area contributed by atoms with Crippen molar-refractivity contribution in [1.82, 2.24) is 0 Å². The van der Waals surface area contributed by atoms with Crippen LogP contribution in [0, 0.1) is 0 Å². The van der Waals surface area contributed by atoms with Crippen LogP contribution in [0.3, 0.4) is 0 Å². The van der Waals surface area contributed by atoms with E-state index in [1.807, 2.05) is 0 Å².